The molecule has 2 heterocycles. The molecular weight excluding hydrogens is 406 g/mol. The Morgan fingerprint density at radius 2 is 2.04 bits per heavy atom. The maximum absolute atomic E-state index is 11.6. The first-order valence-corrected chi connectivity index (χ1v) is 11.3. The largest absolute Gasteiger partial charge is 0.368 e. The van der Waals surface area contributed by atoms with Crippen LogP contribution in [-0.4, -0.2) is 29.6 Å². The van der Waals surface area contributed by atoms with E-state index in [1.807, 2.05) is 6.07 Å². The Morgan fingerprint density at radius 1 is 1.26 bits per heavy atom. The third-order valence-corrected chi connectivity index (χ3v) is 6.26. The van der Waals surface area contributed by atoms with Crippen molar-refractivity contribution in [2.24, 2.45) is 0 Å². The highest BCUT2D eigenvalue weighted by Crippen LogP contribution is 2.48. The first kappa shape index (κ1) is 18.1. The van der Waals surface area contributed by atoms with Crippen LogP contribution >= 0.6 is 22.9 Å². The van der Waals surface area contributed by atoms with Crippen molar-refractivity contribution in [1.82, 2.24) is 15.0 Å². The fraction of sp³-hybridized carbons (Fsp3) is 0.235. The van der Waals surface area contributed by atoms with E-state index in [0.717, 1.165) is 29.0 Å². The molecule has 7 nitrogen and oxygen atoms in total. The number of thiazole rings is 1. The van der Waals surface area contributed by atoms with E-state index >= 15 is 0 Å². The summed E-state index contributed by atoms with van der Waals surface area (Å²) in [5.41, 5.74) is 8.03. The second-order valence-electron chi connectivity index (χ2n) is 6.35. The highest BCUT2D eigenvalue weighted by Gasteiger charge is 2.30. The van der Waals surface area contributed by atoms with E-state index in [9.17, 15) is 8.42 Å². The number of halogens is 1. The van der Waals surface area contributed by atoms with Gasteiger partial charge in [0.15, 0.2) is 0 Å². The second kappa shape index (κ2) is 6.74. The molecule has 1 aromatic carbocycles. The second-order valence-corrected chi connectivity index (χ2v) is 9.50. The minimum absolute atomic E-state index is 0.179. The van der Waals surface area contributed by atoms with Crippen LogP contribution in [0, 0.1) is 0 Å². The molecule has 1 aliphatic rings. The number of nitrogens with one attached hydrogen (secondary N) is 1. The van der Waals surface area contributed by atoms with Crippen molar-refractivity contribution in [3.63, 3.8) is 0 Å². The van der Waals surface area contributed by atoms with Crippen LogP contribution in [0.3, 0.4) is 0 Å². The summed E-state index contributed by atoms with van der Waals surface area (Å²) < 4.78 is 25.7. The number of anilines is 2. The fourth-order valence-corrected chi connectivity index (χ4v) is 4.80. The van der Waals surface area contributed by atoms with Gasteiger partial charge >= 0.3 is 0 Å². The van der Waals surface area contributed by atoms with Gasteiger partial charge in [-0.3, -0.25) is 4.72 Å². The summed E-state index contributed by atoms with van der Waals surface area (Å²) in [5.74, 6) is 0.635. The highest BCUT2D eigenvalue weighted by atomic mass is 35.5. The molecule has 0 amide bonds. The van der Waals surface area contributed by atoms with Crippen LogP contribution in [0.5, 0.6) is 0 Å². The molecule has 3 N–H and O–H groups in total. The molecule has 0 bridgehead atoms. The van der Waals surface area contributed by atoms with Gasteiger partial charge in [-0.25, -0.2) is 23.4 Å². The maximum atomic E-state index is 11.6. The van der Waals surface area contributed by atoms with Crippen LogP contribution in [0.2, 0.25) is 5.02 Å². The Labute approximate surface area is 165 Å². The summed E-state index contributed by atoms with van der Waals surface area (Å²) in [5, 5.41) is 1.31. The first-order chi connectivity index (χ1) is 12.8. The van der Waals surface area contributed by atoms with Gasteiger partial charge in [0, 0.05) is 17.7 Å². The number of hydrogen-bond donors (Lipinski definition) is 2. The molecule has 0 atom stereocenters. The topological polar surface area (TPSA) is 111 Å². The highest BCUT2D eigenvalue weighted by molar-refractivity contribution is 7.92. The van der Waals surface area contributed by atoms with Gasteiger partial charge in [0.1, 0.15) is 0 Å². The lowest BCUT2D eigenvalue weighted by molar-refractivity contribution is 0.607. The van der Waals surface area contributed by atoms with Crippen LogP contribution in [0.4, 0.5) is 11.6 Å². The monoisotopic (exact) mass is 421 g/mol. The number of nitrogens with two attached hydrogens (primary N) is 1. The van der Waals surface area contributed by atoms with Crippen LogP contribution in [0.1, 0.15) is 23.8 Å². The molecule has 0 aliphatic heterocycles. The lowest BCUT2D eigenvalue weighted by Gasteiger charge is -2.10. The molecule has 1 saturated carbocycles. The first-order valence-electron chi connectivity index (χ1n) is 8.18. The van der Waals surface area contributed by atoms with Crippen molar-refractivity contribution in [2.45, 2.75) is 18.8 Å². The lowest BCUT2D eigenvalue weighted by Crippen LogP contribution is -2.10. The average Bonchev–Trinajstić information content (AvgIpc) is 3.35. The van der Waals surface area contributed by atoms with E-state index in [1.165, 1.54) is 0 Å². The number of hydrogen-bond acceptors (Lipinski definition) is 7. The number of rotatable bonds is 5. The van der Waals surface area contributed by atoms with Crippen molar-refractivity contribution >= 4 is 44.6 Å². The van der Waals surface area contributed by atoms with Gasteiger partial charge in [0.05, 0.1) is 38.2 Å². The summed E-state index contributed by atoms with van der Waals surface area (Å²) in [6.07, 6.45) is 4.91. The molecule has 10 heteroatoms. The predicted molar refractivity (Wildman–Crippen MR) is 108 cm³/mol. The molecule has 27 heavy (non-hydrogen) atoms. The van der Waals surface area contributed by atoms with Crippen molar-refractivity contribution in [3.8, 4) is 21.8 Å². The summed E-state index contributed by atoms with van der Waals surface area (Å²) >= 11 is 8.08. The van der Waals surface area contributed by atoms with Crippen LogP contribution in [0.25, 0.3) is 21.8 Å². The van der Waals surface area contributed by atoms with Crippen LogP contribution < -0.4 is 10.5 Å². The summed E-state index contributed by atoms with van der Waals surface area (Å²) in [6, 6.07) is 6.94. The van der Waals surface area contributed by atoms with Crippen LogP contribution in [-0.2, 0) is 10.0 Å². The molecule has 2 aromatic heterocycles. The molecule has 0 saturated heterocycles. The normalized spacial score (nSPS) is 14.3. The standard InChI is InChI=1S/C17H16ClN5O2S2/c1-27(24,25)23-11-4-2-3-10(13(11)18)14-15(12-7-8-20-17(19)21-12)26-16(22-14)9-5-6-9/h2-4,7-9,23H,5-6H2,1H3,(H2,19,20,21). The molecule has 0 radical (unpaired) electrons. The summed E-state index contributed by atoms with van der Waals surface area (Å²) in [6.45, 7) is 0. The third kappa shape index (κ3) is 3.90. The van der Waals surface area contributed by atoms with Gasteiger partial charge in [0.25, 0.3) is 0 Å². The van der Waals surface area contributed by atoms with Crippen molar-refractivity contribution < 1.29 is 8.42 Å². The van der Waals surface area contributed by atoms with Crippen molar-refractivity contribution in [2.75, 3.05) is 16.7 Å². The maximum Gasteiger partial charge on any atom is 0.229 e. The Balaban J connectivity index is 1.88. The van der Waals surface area contributed by atoms with E-state index < -0.39 is 10.0 Å². The minimum atomic E-state index is -3.45. The van der Waals surface area contributed by atoms with Gasteiger partial charge < -0.3 is 5.73 Å². The van der Waals surface area contributed by atoms with Gasteiger partial charge in [-0.1, -0.05) is 23.7 Å². The quantitative estimate of drug-likeness (QED) is 0.648. The van der Waals surface area contributed by atoms with Gasteiger partial charge in [-0.2, -0.15) is 0 Å². The summed E-state index contributed by atoms with van der Waals surface area (Å²) in [4.78, 5) is 13.9. The van der Waals surface area contributed by atoms with Crippen molar-refractivity contribution in [3.05, 3.63) is 40.5 Å². The minimum Gasteiger partial charge on any atom is -0.368 e. The number of benzene rings is 1. The lowest BCUT2D eigenvalue weighted by atomic mass is 10.1. The third-order valence-electron chi connectivity index (χ3n) is 4.03. The Morgan fingerprint density at radius 3 is 2.70 bits per heavy atom. The number of nitrogen functional groups attached to an aromatic ring is 1. The Hall–Kier alpha value is -2.23. The zero-order valence-corrected chi connectivity index (χ0v) is 16.7. The predicted octanol–water partition coefficient (Wildman–Crippen LogP) is 3.75. The molecule has 3 aromatic rings. The molecular formula is C17H16ClN5O2S2. The molecule has 140 valence electrons. The van der Waals surface area contributed by atoms with Gasteiger partial charge in [-0.15, -0.1) is 11.3 Å². The van der Waals surface area contributed by atoms with E-state index in [0.29, 0.717) is 33.6 Å². The fourth-order valence-electron chi connectivity index (χ4n) is 2.69. The number of sulfonamides is 1. The summed E-state index contributed by atoms with van der Waals surface area (Å²) in [7, 11) is -3.45. The zero-order valence-electron chi connectivity index (χ0n) is 14.3. The van der Waals surface area contributed by atoms with E-state index in [-0.39, 0.29) is 5.95 Å². The van der Waals surface area contributed by atoms with Crippen LogP contribution in [0.15, 0.2) is 30.5 Å². The molecule has 1 aliphatic carbocycles. The molecule has 0 unspecified atom stereocenters. The van der Waals surface area contributed by atoms with E-state index in [4.69, 9.17) is 22.3 Å². The molecule has 4 rings (SSSR count). The zero-order chi connectivity index (χ0) is 19.2. The van der Waals surface area contributed by atoms with Gasteiger partial charge in [-0.05, 0) is 25.0 Å². The average molecular weight is 422 g/mol. The molecule has 1 fully saturated rings. The molecule has 0 spiro atoms. The van der Waals surface area contributed by atoms with Gasteiger partial charge in [0.2, 0.25) is 16.0 Å². The Bertz CT molecular complexity index is 1130. The van der Waals surface area contributed by atoms with Crippen molar-refractivity contribution in [1.29, 1.82) is 0 Å². The smallest absolute Gasteiger partial charge is 0.229 e. The Kier molecular flexibility index (Phi) is 4.53. The number of aromatic nitrogens is 3. The van der Waals surface area contributed by atoms with E-state index in [2.05, 4.69) is 14.7 Å². The number of nitrogens with zero attached hydrogens (tertiary/aromatic N) is 3. The van der Waals surface area contributed by atoms with E-state index in [1.54, 1.807) is 35.7 Å². The SMILES string of the molecule is CS(=O)(=O)Nc1cccc(-c2nc(C3CC3)sc2-c2ccnc(N)n2)c1Cl.